The Kier molecular flexibility index (Phi) is 3.17. The Labute approximate surface area is 56.3 Å². The molecule has 8 heavy (non-hydrogen) atoms. The molecule has 0 rings (SSSR count). The molecule has 0 bridgehead atoms. The van der Waals surface area contributed by atoms with Crippen molar-refractivity contribution >= 4 is 17.1 Å². The average Bonchev–Trinajstić information content (AvgIpc) is 1.64. The fourth-order valence-electron chi connectivity index (χ4n) is 0.370. The van der Waals surface area contributed by atoms with Gasteiger partial charge >= 0.3 is 0 Å². The van der Waals surface area contributed by atoms with E-state index < -0.39 is 0 Å². The van der Waals surface area contributed by atoms with E-state index in [2.05, 4.69) is 0 Å². The molecular weight excluding hydrogens is 118 g/mol. The van der Waals surface area contributed by atoms with Gasteiger partial charge in [0, 0.05) is 12.0 Å². The summed E-state index contributed by atoms with van der Waals surface area (Å²) in [5.41, 5.74) is 5.55. The minimum Gasteiger partial charge on any atom is -0.327 e. The van der Waals surface area contributed by atoms with E-state index in [9.17, 15) is 0 Å². The highest BCUT2D eigenvalue weighted by atomic mass is 32.1. The molecule has 0 aromatic carbocycles. The molecular formula is C6H13NS. The zero-order valence-electron chi connectivity index (χ0n) is 5.64. The van der Waals surface area contributed by atoms with Gasteiger partial charge in [0.25, 0.3) is 0 Å². The van der Waals surface area contributed by atoms with Crippen molar-refractivity contribution in [3.63, 3.8) is 0 Å². The third-order valence-corrected chi connectivity index (χ3v) is 1.80. The summed E-state index contributed by atoms with van der Waals surface area (Å²) >= 11 is 4.91. The van der Waals surface area contributed by atoms with Crippen LogP contribution in [0.15, 0.2) is 0 Å². The fourth-order valence-corrected chi connectivity index (χ4v) is 0.585. The van der Waals surface area contributed by atoms with Gasteiger partial charge in [0.15, 0.2) is 0 Å². The van der Waals surface area contributed by atoms with Crippen molar-refractivity contribution in [1.29, 1.82) is 0 Å². The smallest absolute Gasteiger partial charge is 0.00815 e. The van der Waals surface area contributed by atoms with E-state index in [-0.39, 0.29) is 6.04 Å². The molecule has 0 amide bonds. The van der Waals surface area contributed by atoms with Crippen molar-refractivity contribution < 1.29 is 0 Å². The van der Waals surface area contributed by atoms with Crippen LogP contribution in [0.1, 0.15) is 20.8 Å². The summed E-state index contributed by atoms with van der Waals surface area (Å²) in [7, 11) is 0. The van der Waals surface area contributed by atoms with Crippen molar-refractivity contribution in [2.75, 3.05) is 0 Å². The fraction of sp³-hybridized carbons (Fsp3) is 0.833. The van der Waals surface area contributed by atoms with Crippen LogP contribution >= 0.6 is 12.2 Å². The van der Waals surface area contributed by atoms with Crippen molar-refractivity contribution in [1.82, 2.24) is 0 Å². The Morgan fingerprint density at radius 3 is 1.88 bits per heavy atom. The first-order valence-corrected chi connectivity index (χ1v) is 3.22. The lowest BCUT2D eigenvalue weighted by Crippen LogP contribution is -2.28. The van der Waals surface area contributed by atoms with Gasteiger partial charge in [0.05, 0.1) is 0 Å². The van der Waals surface area contributed by atoms with E-state index in [1.54, 1.807) is 0 Å². The summed E-state index contributed by atoms with van der Waals surface area (Å²) in [6.07, 6.45) is 0. The van der Waals surface area contributed by atoms with E-state index in [1.165, 1.54) is 0 Å². The number of thiocarbonyl (C=S) groups is 1. The summed E-state index contributed by atoms with van der Waals surface area (Å²) in [6.45, 7) is 5.96. The molecule has 2 unspecified atom stereocenters. The third kappa shape index (κ3) is 2.38. The topological polar surface area (TPSA) is 26.0 Å². The van der Waals surface area contributed by atoms with Crippen LogP contribution in [0.3, 0.4) is 0 Å². The lowest BCUT2D eigenvalue weighted by Gasteiger charge is -2.12. The van der Waals surface area contributed by atoms with Crippen molar-refractivity contribution in [2.45, 2.75) is 26.8 Å². The molecule has 0 saturated carbocycles. The average molecular weight is 131 g/mol. The Balaban J connectivity index is 3.64. The minimum atomic E-state index is 0.201. The van der Waals surface area contributed by atoms with Gasteiger partial charge in [-0.25, -0.2) is 0 Å². The van der Waals surface area contributed by atoms with Gasteiger partial charge in [0.1, 0.15) is 0 Å². The zero-order valence-corrected chi connectivity index (χ0v) is 6.46. The summed E-state index contributed by atoms with van der Waals surface area (Å²) in [5, 5.41) is 0. The van der Waals surface area contributed by atoms with Gasteiger partial charge in [-0.05, 0) is 18.7 Å². The molecule has 0 aliphatic rings. The third-order valence-electron chi connectivity index (χ3n) is 1.43. The van der Waals surface area contributed by atoms with Crippen LogP contribution in [0.5, 0.6) is 0 Å². The molecule has 48 valence electrons. The van der Waals surface area contributed by atoms with E-state index in [4.69, 9.17) is 18.0 Å². The van der Waals surface area contributed by atoms with Crippen LogP contribution in [0.4, 0.5) is 0 Å². The normalized spacial score (nSPS) is 17.5. The number of hydrogen-bond donors (Lipinski definition) is 1. The van der Waals surface area contributed by atoms with Gasteiger partial charge in [-0.3, -0.25) is 0 Å². The largest absolute Gasteiger partial charge is 0.327 e. The maximum Gasteiger partial charge on any atom is 0.00815 e. The standard InChI is InChI=1S/C6H13NS/c1-4(5(2)7)6(3)8/h4-5H,7H2,1-3H3. The quantitative estimate of drug-likeness (QED) is 0.573. The molecule has 0 radical (unpaired) electrons. The second-order valence-electron chi connectivity index (χ2n) is 2.26. The van der Waals surface area contributed by atoms with Gasteiger partial charge in [-0.1, -0.05) is 19.1 Å². The lowest BCUT2D eigenvalue weighted by atomic mass is 10.0. The number of nitrogens with two attached hydrogens (primary N) is 1. The van der Waals surface area contributed by atoms with Crippen molar-refractivity contribution in [3.8, 4) is 0 Å². The first kappa shape index (κ1) is 8.05. The lowest BCUT2D eigenvalue weighted by molar-refractivity contribution is 0.617. The highest BCUT2D eigenvalue weighted by Gasteiger charge is 2.07. The summed E-state index contributed by atoms with van der Waals surface area (Å²) in [5.74, 6) is 0.380. The van der Waals surface area contributed by atoms with Crippen LogP contribution in [0.25, 0.3) is 0 Å². The van der Waals surface area contributed by atoms with E-state index in [0.717, 1.165) is 4.86 Å². The van der Waals surface area contributed by atoms with Crippen molar-refractivity contribution in [3.05, 3.63) is 0 Å². The molecule has 0 saturated heterocycles. The van der Waals surface area contributed by atoms with Crippen molar-refractivity contribution in [2.24, 2.45) is 11.7 Å². The van der Waals surface area contributed by atoms with Gasteiger partial charge in [-0.15, -0.1) is 0 Å². The van der Waals surface area contributed by atoms with Gasteiger partial charge in [0.2, 0.25) is 0 Å². The monoisotopic (exact) mass is 131 g/mol. The number of hydrogen-bond acceptors (Lipinski definition) is 2. The molecule has 0 aromatic heterocycles. The maximum atomic E-state index is 5.55. The van der Waals surface area contributed by atoms with Gasteiger partial charge in [-0.2, -0.15) is 0 Å². The Bertz CT molecular complexity index is 88.5. The second kappa shape index (κ2) is 3.15. The molecule has 0 fully saturated rings. The van der Waals surface area contributed by atoms with Crippen LogP contribution in [0.2, 0.25) is 0 Å². The summed E-state index contributed by atoms with van der Waals surface area (Å²) in [6, 6.07) is 0.201. The molecule has 0 spiro atoms. The van der Waals surface area contributed by atoms with E-state index in [0.29, 0.717) is 5.92 Å². The molecule has 0 aliphatic heterocycles. The van der Waals surface area contributed by atoms with Gasteiger partial charge < -0.3 is 5.73 Å². The predicted molar refractivity (Wildman–Crippen MR) is 41.1 cm³/mol. The van der Waals surface area contributed by atoms with E-state index >= 15 is 0 Å². The second-order valence-corrected chi connectivity index (χ2v) is 2.90. The predicted octanol–water partition coefficient (Wildman–Crippen LogP) is 1.36. The van der Waals surface area contributed by atoms with E-state index in [1.807, 2.05) is 20.8 Å². The summed E-state index contributed by atoms with van der Waals surface area (Å²) < 4.78 is 0. The Hall–Kier alpha value is 0.0500. The highest BCUT2D eigenvalue weighted by Crippen LogP contribution is 2.01. The Morgan fingerprint density at radius 1 is 1.50 bits per heavy atom. The molecule has 0 aromatic rings. The first-order chi connectivity index (χ1) is 3.55. The zero-order chi connectivity index (χ0) is 6.73. The highest BCUT2D eigenvalue weighted by molar-refractivity contribution is 7.80. The molecule has 1 nitrogen and oxygen atoms in total. The molecule has 2 atom stereocenters. The maximum absolute atomic E-state index is 5.55. The first-order valence-electron chi connectivity index (χ1n) is 2.81. The molecule has 0 heterocycles. The SMILES string of the molecule is CC(=S)C(C)C(C)N. The number of rotatable bonds is 2. The van der Waals surface area contributed by atoms with Crippen LogP contribution in [0, 0.1) is 5.92 Å². The van der Waals surface area contributed by atoms with Crippen LogP contribution < -0.4 is 5.73 Å². The van der Waals surface area contributed by atoms with Crippen LogP contribution in [-0.4, -0.2) is 10.9 Å². The molecule has 2 N–H and O–H groups in total. The molecule has 2 heteroatoms. The van der Waals surface area contributed by atoms with Crippen LogP contribution in [-0.2, 0) is 0 Å². The molecule has 0 aliphatic carbocycles. The minimum absolute atomic E-state index is 0.201. The summed E-state index contributed by atoms with van der Waals surface area (Å²) in [4.78, 5) is 1.00. The Morgan fingerprint density at radius 2 is 1.88 bits per heavy atom.